The molecule has 1 saturated heterocycles. The molecule has 0 atom stereocenters. The molecule has 11 nitrogen and oxygen atoms in total. The average molecular weight is 540 g/mol. The van der Waals surface area contributed by atoms with Crippen molar-refractivity contribution in [2.75, 3.05) is 37.4 Å². The van der Waals surface area contributed by atoms with Crippen LogP contribution < -0.4 is 20.1 Å². The minimum absolute atomic E-state index is 0.0138. The quantitative estimate of drug-likeness (QED) is 0.418. The van der Waals surface area contributed by atoms with Crippen LogP contribution in [0.2, 0.25) is 0 Å². The van der Waals surface area contributed by atoms with Gasteiger partial charge in [0, 0.05) is 37.1 Å². The Morgan fingerprint density at radius 3 is 2.43 bits per heavy atom. The second kappa shape index (κ2) is 11.1. The predicted octanol–water partition coefficient (Wildman–Crippen LogP) is 3.23. The van der Waals surface area contributed by atoms with E-state index in [-0.39, 0.29) is 35.9 Å². The van der Waals surface area contributed by atoms with E-state index in [2.05, 4.69) is 30.6 Å². The largest absolute Gasteiger partial charge is 0.481 e. The van der Waals surface area contributed by atoms with Crippen LogP contribution in [-0.2, 0) is 10.0 Å². The van der Waals surface area contributed by atoms with Gasteiger partial charge in [-0.3, -0.25) is 0 Å². The second-order valence-corrected chi connectivity index (χ2v) is 9.95. The molecule has 3 heterocycles. The first-order valence-corrected chi connectivity index (χ1v) is 12.6. The van der Waals surface area contributed by atoms with E-state index in [1.165, 1.54) is 17.6 Å². The maximum atomic E-state index is 12.9. The smallest absolute Gasteiger partial charge is 0.422 e. The van der Waals surface area contributed by atoms with Gasteiger partial charge >= 0.3 is 12.2 Å². The molecule has 0 radical (unpaired) electrons. The molecule has 1 aromatic carbocycles. The van der Waals surface area contributed by atoms with E-state index in [4.69, 9.17) is 9.47 Å². The Hall–Kier alpha value is -3.72. The molecule has 0 bridgehead atoms. The Labute approximate surface area is 211 Å². The first kappa shape index (κ1) is 26.3. The number of hydrogen-bond donors (Lipinski definition) is 2. The van der Waals surface area contributed by atoms with Crippen LogP contribution in [0.25, 0.3) is 0 Å². The zero-order valence-corrected chi connectivity index (χ0v) is 20.5. The summed E-state index contributed by atoms with van der Waals surface area (Å²) in [6.07, 6.45) is -2.25. The number of alkyl halides is 3. The lowest BCUT2D eigenvalue weighted by Gasteiger charge is -2.31. The maximum Gasteiger partial charge on any atom is 0.422 e. The second-order valence-electron chi connectivity index (χ2n) is 8.02. The highest BCUT2D eigenvalue weighted by atomic mass is 32.2. The number of pyridine rings is 1. The number of ether oxygens (including phenoxy) is 2. The molecule has 0 amide bonds. The summed E-state index contributed by atoms with van der Waals surface area (Å²) in [4.78, 5) is 16.3. The molecule has 1 aliphatic rings. The number of nitrogens with zero attached hydrogens (tertiary/aromatic N) is 5. The van der Waals surface area contributed by atoms with Gasteiger partial charge < -0.3 is 20.1 Å². The zero-order valence-electron chi connectivity index (χ0n) is 19.6. The van der Waals surface area contributed by atoms with Crippen LogP contribution in [0.3, 0.4) is 0 Å². The predicted molar refractivity (Wildman–Crippen MR) is 127 cm³/mol. The molecule has 0 spiro atoms. The van der Waals surface area contributed by atoms with E-state index in [1.807, 2.05) is 0 Å². The molecule has 2 N–H and O–H groups in total. The molecule has 0 unspecified atom stereocenters. The number of benzene rings is 1. The van der Waals surface area contributed by atoms with E-state index >= 15 is 0 Å². The summed E-state index contributed by atoms with van der Waals surface area (Å²) in [6, 6.07) is 10.5. The monoisotopic (exact) mass is 539 g/mol. The van der Waals surface area contributed by atoms with E-state index in [1.54, 1.807) is 42.5 Å². The maximum absolute atomic E-state index is 12.9. The number of rotatable bonds is 9. The Balaban J connectivity index is 1.47. The third kappa shape index (κ3) is 7.16. The van der Waals surface area contributed by atoms with Gasteiger partial charge in [0.15, 0.2) is 6.61 Å². The number of piperidine rings is 1. The van der Waals surface area contributed by atoms with Crippen molar-refractivity contribution >= 4 is 27.6 Å². The van der Waals surface area contributed by atoms with Crippen molar-refractivity contribution in [3.8, 4) is 11.9 Å². The normalized spacial score (nSPS) is 15.2. The van der Waals surface area contributed by atoms with Crippen LogP contribution in [0.4, 0.5) is 30.8 Å². The Kier molecular flexibility index (Phi) is 7.92. The molecular weight excluding hydrogens is 515 g/mol. The molecule has 2 aromatic heterocycles. The summed E-state index contributed by atoms with van der Waals surface area (Å²) in [5, 5.41) is 5.92. The lowest BCUT2D eigenvalue weighted by Crippen LogP contribution is -2.42. The Morgan fingerprint density at radius 1 is 1.05 bits per heavy atom. The Morgan fingerprint density at radius 2 is 1.76 bits per heavy atom. The van der Waals surface area contributed by atoms with Crippen molar-refractivity contribution in [3.63, 3.8) is 0 Å². The molecule has 37 heavy (non-hydrogen) atoms. The van der Waals surface area contributed by atoms with Crippen molar-refractivity contribution in [2.45, 2.75) is 30.0 Å². The van der Waals surface area contributed by atoms with E-state index in [0.29, 0.717) is 24.4 Å². The topological polar surface area (TPSA) is 131 Å². The first-order chi connectivity index (χ1) is 17.6. The molecule has 0 saturated carbocycles. The van der Waals surface area contributed by atoms with Crippen LogP contribution in [0, 0.1) is 0 Å². The number of hydrogen-bond acceptors (Lipinski definition) is 10. The van der Waals surface area contributed by atoms with Gasteiger partial charge in [-0.1, -0.05) is 18.2 Å². The van der Waals surface area contributed by atoms with Crippen LogP contribution in [0.1, 0.15) is 12.8 Å². The minimum Gasteiger partial charge on any atom is -0.481 e. The van der Waals surface area contributed by atoms with Gasteiger partial charge in [0.1, 0.15) is 0 Å². The molecule has 198 valence electrons. The summed E-state index contributed by atoms with van der Waals surface area (Å²) >= 11 is 0. The zero-order chi connectivity index (χ0) is 26.5. The van der Waals surface area contributed by atoms with Crippen LogP contribution in [0.15, 0.2) is 53.6 Å². The number of halogens is 3. The van der Waals surface area contributed by atoms with Gasteiger partial charge in [0.05, 0.1) is 12.0 Å². The number of sulfonamides is 1. The highest BCUT2D eigenvalue weighted by Crippen LogP contribution is 2.24. The van der Waals surface area contributed by atoms with Crippen LogP contribution in [0.5, 0.6) is 11.9 Å². The number of nitrogens with one attached hydrogen (secondary N) is 2. The molecule has 1 fully saturated rings. The highest BCUT2D eigenvalue weighted by molar-refractivity contribution is 7.89. The SMILES string of the molecule is COc1cc(Nc2nc(NC3CCN(S(=O)(=O)c4ccccc4)CC3)nc(OCC(F)(F)F)n2)ccn1. The third-order valence-electron chi connectivity index (χ3n) is 5.35. The average Bonchev–Trinajstić information content (AvgIpc) is 2.88. The fraction of sp³-hybridized carbons (Fsp3) is 0.364. The van der Waals surface area contributed by atoms with Crippen molar-refractivity contribution in [3.05, 3.63) is 48.7 Å². The third-order valence-corrected chi connectivity index (χ3v) is 7.26. The highest BCUT2D eigenvalue weighted by Gasteiger charge is 2.31. The summed E-state index contributed by atoms with van der Waals surface area (Å²) < 4.78 is 75.0. The number of aromatic nitrogens is 4. The standard InChI is InChI=1S/C22H24F3N7O4S/c1-35-18-13-16(7-10-26-18)28-20-29-19(30-21(31-20)36-14-22(23,24)25)27-15-8-11-32(12-9-15)37(33,34)17-5-3-2-4-6-17/h2-7,10,13,15H,8-9,11-12,14H2,1H3,(H2,26,27,28,29,30,31). The number of methoxy groups -OCH3 is 1. The molecule has 4 rings (SSSR count). The van der Waals surface area contributed by atoms with Crippen molar-refractivity contribution in [1.29, 1.82) is 0 Å². The summed E-state index contributed by atoms with van der Waals surface area (Å²) in [6.45, 7) is -1.08. The van der Waals surface area contributed by atoms with Crippen molar-refractivity contribution in [1.82, 2.24) is 24.2 Å². The van der Waals surface area contributed by atoms with Gasteiger partial charge in [-0.05, 0) is 31.0 Å². The molecule has 0 aliphatic carbocycles. The van der Waals surface area contributed by atoms with Crippen LogP contribution >= 0.6 is 0 Å². The summed E-state index contributed by atoms with van der Waals surface area (Å²) in [7, 11) is -2.18. The Bertz CT molecular complexity index is 1310. The molecular formula is C22H24F3N7O4S. The summed E-state index contributed by atoms with van der Waals surface area (Å²) in [5.41, 5.74) is 0.477. The van der Waals surface area contributed by atoms with E-state index in [9.17, 15) is 21.6 Å². The van der Waals surface area contributed by atoms with E-state index in [0.717, 1.165) is 0 Å². The van der Waals surface area contributed by atoms with Gasteiger partial charge in [-0.2, -0.15) is 32.4 Å². The van der Waals surface area contributed by atoms with Gasteiger partial charge in [-0.25, -0.2) is 13.4 Å². The van der Waals surface area contributed by atoms with Gasteiger partial charge in [-0.15, -0.1) is 0 Å². The minimum atomic E-state index is -4.58. The molecule has 15 heteroatoms. The lowest BCUT2D eigenvalue weighted by molar-refractivity contribution is -0.154. The van der Waals surface area contributed by atoms with Crippen molar-refractivity contribution in [2.24, 2.45) is 0 Å². The fourth-order valence-corrected chi connectivity index (χ4v) is 5.07. The molecule has 3 aromatic rings. The summed E-state index contributed by atoms with van der Waals surface area (Å²) in [5.74, 6) is 0.232. The van der Waals surface area contributed by atoms with E-state index < -0.39 is 28.8 Å². The number of anilines is 3. The molecule has 1 aliphatic heterocycles. The van der Waals surface area contributed by atoms with Gasteiger partial charge in [0.2, 0.25) is 27.8 Å². The van der Waals surface area contributed by atoms with Crippen LogP contribution in [-0.4, -0.2) is 71.7 Å². The first-order valence-electron chi connectivity index (χ1n) is 11.2. The fourth-order valence-electron chi connectivity index (χ4n) is 3.58. The van der Waals surface area contributed by atoms with Crippen molar-refractivity contribution < 1.29 is 31.1 Å². The lowest BCUT2D eigenvalue weighted by atomic mass is 10.1. The van der Waals surface area contributed by atoms with Gasteiger partial charge in [0.25, 0.3) is 0 Å².